The Kier molecular flexibility index (Phi) is 8.80. The zero-order chi connectivity index (χ0) is 16.5. The molecule has 129 valence electrons. The van der Waals surface area contributed by atoms with Gasteiger partial charge >= 0.3 is 0 Å². The van der Waals surface area contributed by atoms with Crippen LogP contribution in [-0.2, 0) is 42.7 Å². The maximum absolute atomic E-state index is 12.6. The van der Waals surface area contributed by atoms with E-state index in [0.717, 1.165) is 5.56 Å². The second-order valence-corrected chi connectivity index (χ2v) is 7.21. The number of fused-ring (bicyclic) bond motifs is 1. The third kappa shape index (κ3) is 3.74. The van der Waals surface area contributed by atoms with Gasteiger partial charge in [-0.2, -0.15) is 0 Å². The first-order chi connectivity index (χ1) is 10.4. The van der Waals surface area contributed by atoms with Crippen LogP contribution in [0.3, 0.4) is 0 Å². The van der Waals surface area contributed by atoms with Crippen molar-refractivity contribution >= 4 is 37.0 Å². The Morgan fingerprint density at radius 1 is 1.21 bits per heavy atom. The molecule has 2 heterocycles. The van der Waals surface area contributed by atoms with Crippen LogP contribution in [0.15, 0.2) is 29.8 Å². The summed E-state index contributed by atoms with van der Waals surface area (Å²) in [7, 11) is -2.31. The second-order valence-electron chi connectivity index (χ2n) is 4.47. The summed E-state index contributed by atoms with van der Waals surface area (Å²) in [6.07, 6.45) is 0. The predicted octanol–water partition coefficient (Wildman–Crippen LogP) is 4.09. The molecule has 0 atom stereocenters. The van der Waals surface area contributed by atoms with Crippen molar-refractivity contribution in [1.29, 1.82) is 0 Å². The van der Waals surface area contributed by atoms with E-state index >= 15 is 0 Å². The summed E-state index contributed by atoms with van der Waals surface area (Å²) in [4.78, 5) is 3.98. The van der Waals surface area contributed by atoms with Crippen LogP contribution in [0.5, 0.6) is 0 Å². The minimum atomic E-state index is -3.78. The van der Waals surface area contributed by atoms with Crippen LogP contribution in [-0.4, -0.2) is 25.6 Å². The number of aliphatic hydroxyl groups is 1. The molecule has 0 saturated carbocycles. The monoisotopic (exact) mass is 442 g/mol. The van der Waals surface area contributed by atoms with Gasteiger partial charge in [-0.25, -0.2) is 13.4 Å². The van der Waals surface area contributed by atoms with Crippen molar-refractivity contribution in [2.45, 2.75) is 20.8 Å². The van der Waals surface area contributed by atoms with Crippen LogP contribution >= 0.6 is 11.3 Å². The van der Waals surface area contributed by atoms with E-state index < -0.39 is 10.0 Å². The Morgan fingerprint density at radius 3 is 2.38 bits per heavy atom. The molecule has 1 aromatic heterocycles. The third-order valence-corrected chi connectivity index (χ3v) is 6.13. The molecular formula is C16H21N2O3S2Y-. The number of aromatic nitrogens is 1. The summed E-state index contributed by atoms with van der Waals surface area (Å²) >= 11 is 1.18. The standard InChI is InChI=1S/C13H12N2O3S2.C2H6.CH3.Y/c1-8-5-3-4-6-9(8)12-11(16)10-13(19-7-14-10)15(2)20(12,17)18;1-2;;/h3-7,16H,1-2H3;1-2H3;1H3;/q;;-1;. The first kappa shape index (κ1) is 23.2. The van der Waals surface area contributed by atoms with Gasteiger partial charge in [0.15, 0.2) is 5.76 Å². The Morgan fingerprint density at radius 2 is 1.79 bits per heavy atom. The fraction of sp³-hybridized carbons (Fsp3) is 0.250. The second kappa shape index (κ2) is 9.08. The van der Waals surface area contributed by atoms with Crippen molar-refractivity contribution in [2.24, 2.45) is 0 Å². The molecule has 0 fully saturated rings. The molecule has 0 unspecified atom stereocenters. The predicted molar refractivity (Wildman–Crippen MR) is 97.8 cm³/mol. The van der Waals surface area contributed by atoms with Gasteiger partial charge in [-0.05, 0) is 12.5 Å². The van der Waals surface area contributed by atoms with Crippen molar-refractivity contribution in [3.8, 4) is 0 Å². The number of anilines is 1. The van der Waals surface area contributed by atoms with Crippen molar-refractivity contribution in [2.75, 3.05) is 11.4 Å². The SMILES string of the molecule is CC.Cc1ccccc1C1=C(O)c2ncsc2N(C)S1(=O)=O.[CH3-].[Y]. The van der Waals surface area contributed by atoms with Gasteiger partial charge in [0, 0.05) is 45.3 Å². The van der Waals surface area contributed by atoms with E-state index in [2.05, 4.69) is 4.98 Å². The Balaban J connectivity index is 0.00000128. The van der Waals surface area contributed by atoms with Gasteiger partial charge in [-0.1, -0.05) is 38.1 Å². The molecule has 0 amide bonds. The molecule has 2 aromatic rings. The van der Waals surface area contributed by atoms with Gasteiger partial charge in [0.05, 0.1) is 5.51 Å². The number of sulfonamides is 1. The number of hydrogen-bond acceptors (Lipinski definition) is 5. The average Bonchev–Trinajstić information content (AvgIpc) is 2.99. The average molecular weight is 442 g/mol. The van der Waals surface area contributed by atoms with Crippen LogP contribution in [0, 0.1) is 14.4 Å². The van der Waals surface area contributed by atoms with Gasteiger partial charge in [0.1, 0.15) is 15.6 Å². The van der Waals surface area contributed by atoms with E-state index in [1.807, 2.05) is 32.9 Å². The van der Waals surface area contributed by atoms with Gasteiger partial charge in [-0.15, -0.1) is 11.3 Å². The first-order valence-electron chi connectivity index (χ1n) is 6.86. The number of nitrogens with zero attached hydrogens (tertiary/aromatic N) is 2. The number of thiazole rings is 1. The maximum Gasteiger partial charge on any atom is 0.269 e. The quantitative estimate of drug-likeness (QED) is 0.676. The molecule has 0 saturated heterocycles. The Bertz CT molecular complexity index is 829. The molecule has 0 spiro atoms. The summed E-state index contributed by atoms with van der Waals surface area (Å²) in [5.41, 5.74) is 3.11. The Labute approximate surface area is 173 Å². The normalized spacial score (nSPS) is 14.6. The van der Waals surface area contributed by atoms with E-state index in [1.165, 1.54) is 28.2 Å². The topological polar surface area (TPSA) is 70.5 Å². The van der Waals surface area contributed by atoms with E-state index in [4.69, 9.17) is 0 Å². The molecule has 5 nitrogen and oxygen atoms in total. The van der Waals surface area contributed by atoms with Crippen molar-refractivity contribution < 1.29 is 46.2 Å². The van der Waals surface area contributed by atoms with Crippen LogP contribution < -0.4 is 4.31 Å². The molecule has 24 heavy (non-hydrogen) atoms. The number of rotatable bonds is 1. The van der Waals surface area contributed by atoms with Crippen LogP contribution in [0.25, 0.3) is 10.7 Å². The Hall–Kier alpha value is -0.756. The summed E-state index contributed by atoms with van der Waals surface area (Å²) in [6, 6.07) is 7.06. The van der Waals surface area contributed by atoms with Crippen molar-refractivity contribution in [1.82, 2.24) is 4.98 Å². The molecule has 0 bridgehead atoms. The van der Waals surface area contributed by atoms with Gasteiger partial charge < -0.3 is 12.5 Å². The smallest absolute Gasteiger partial charge is 0.269 e. The molecule has 0 aliphatic carbocycles. The van der Waals surface area contributed by atoms with Crippen molar-refractivity contribution in [3.05, 3.63) is 54.0 Å². The first-order valence-corrected chi connectivity index (χ1v) is 9.18. The summed E-state index contributed by atoms with van der Waals surface area (Å²) in [6.45, 7) is 5.81. The molecule has 1 N–H and O–H groups in total. The summed E-state index contributed by atoms with van der Waals surface area (Å²) < 4.78 is 26.4. The molecule has 8 heteroatoms. The minimum Gasteiger partial charge on any atom is -0.504 e. The summed E-state index contributed by atoms with van der Waals surface area (Å²) in [5, 5.41) is 10.8. The zero-order valence-electron chi connectivity index (χ0n) is 14.4. The molecule has 1 aliphatic rings. The maximum atomic E-state index is 12.6. The van der Waals surface area contributed by atoms with Crippen LogP contribution in [0.1, 0.15) is 30.7 Å². The van der Waals surface area contributed by atoms with E-state index in [0.29, 0.717) is 16.3 Å². The molecule has 1 aromatic carbocycles. The molecular weight excluding hydrogens is 421 g/mol. The number of aryl methyl sites for hydroxylation is 1. The van der Waals surface area contributed by atoms with Gasteiger partial charge in [0.25, 0.3) is 10.0 Å². The fourth-order valence-corrected chi connectivity index (χ4v) is 4.71. The van der Waals surface area contributed by atoms with E-state index in [9.17, 15) is 13.5 Å². The van der Waals surface area contributed by atoms with E-state index in [-0.39, 0.29) is 50.8 Å². The molecule has 1 radical (unpaired) electrons. The van der Waals surface area contributed by atoms with Gasteiger partial charge in [0.2, 0.25) is 0 Å². The number of hydrogen-bond donors (Lipinski definition) is 1. The minimum absolute atomic E-state index is 0. The van der Waals surface area contributed by atoms with E-state index in [1.54, 1.807) is 12.1 Å². The molecule has 1 aliphatic heterocycles. The van der Waals surface area contributed by atoms with Gasteiger partial charge in [-0.3, -0.25) is 4.31 Å². The number of benzene rings is 1. The largest absolute Gasteiger partial charge is 0.504 e. The summed E-state index contributed by atoms with van der Waals surface area (Å²) in [5.74, 6) is -0.284. The molecule has 3 rings (SSSR count). The van der Waals surface area contributed by atoms with Crippen LogP contribution in [0.4, 0.5) is 5.00 Å². The fourth-order valence-electron chi connectivity index (χ4n) is 2.20. The van der Waals surface area contributed by atoms with Crippen molar-refractivity contribution in [3.63, 3.8) is 0 Å². The number of aliphatic hydroxyl groups excluding tert-OH is 1. The third-order valence-electron chi connectivity index (χ3n) is 3.28. The van der Waals surface area contributed by atoms with Crippen LogP contribution in [0.2, 0.25) is 0 Å². The zero-order valence-corrected chi connectivity index (χ0v) is 18.9.